The summed E-state index contributed by atoms with van der Waals surface area (Å²) >= 11 is 12.1. The molecule has 0 unspecified atom stereocenters. The van der Waals surface area contributed by atoms with Gasteiger partial charge >= 0.3 is 0 Å². The van der Waals surface area contributed by atoms with Gasteiger partial charge in [-0.3, -0.25) is 19.3 Å². The largest absolute Gasteiger partial charge is 0.350 e. The number of hydrogen-bond acceptors (Lipinski definition) is 4. The Hall–Kier alpha value is -3.61. The van der Waals surface area contributed by atoms with Gasteiger partial charge in [0.05, 0.1) is 6.54 Å². The molecule has 0 radical (unpaired) electrons. The van der Waals surface area contributed by atoms with E-state index in [9.17, 15) is 14.4 Å². The second-order valence-electron chi connectivity index (χ2n) is 7.49. The maximum Gasteiger partial charge on any atom is 0.279 e. The molecule has 0 saturated carbocycles. The van der Waals surface area contributed by atoms with Gasteiger partial charge in [0.2, 0.25) is 0 Å². The number of benzene rings is 3. The van der Waals surface area contributed by atoms with E-state index in [1.54, 1.807) is 42.5 Å². The van der Waals surface area contributed by atoms with E-state index in [0.717, 1.165) is 16.0 Å². The highest BCUT2D eigenvalue weighted by molar-refractivity contribution is 6.48. The second kappa shape index (κ2) is 9.48. The predicted octanol–water partition coefficient (Wildman–Crippen LogP) is 5.33. The Bertz CT molecular complexity index is 1270. The molecular weight excluding hydrogens is 461 g/mol. The highest BCUT2D eigenvalue weighted by Gasteiger charge is 2.37. The normalized spacial score (nSPS) is 13.5. The van der Waals surface area contributed by atoms with Crippen molar-refractivity contribution >= 4 is 52.3 Å². The standard InChI is InChI=1S/C25H19Cl2N3O3/c1-15-13-18(26)9-12-20(15)29-23(31)17-7-10-19(11-8-17)28-22-21(27)24(32)30(25(22)33)14-16-5-3-2-4-6-16/h2-13,28H,14H2,1H3,(H,29,31). The van der Waals surface area contributed by atoms with E-state index in [2.05, 4.69) is 10.6 Å². The molecule has 1 aliphatic rings. The summed E-state index contributed by atoms with van der Waals surface area (Å²) in [5, 5.41) is 6.17. The van der Waals surface area contributed by atoms with Crippen LogP contribution in [-0.4, -0.2) is 22.6 Å². The molecule has 4 rings (SSSR count). The molecule has 166 valence electrons. The Balaban J connectivity index is 1.44. The maximum atomic E-state index is 12.8. The third kappa shape index (κ3) is 4.92. The third-order valence-corrected chi connectivity index (χ3v) is 5.73. The number of nitrogens with one attached hydrogen (secondary N) is 2. The topological polar surface area (TPSA) is 78.5 Å². The number of halogens is 2. The zero-order valence-electron chi connectivity index (χ0n) is 17.6. The first kappa shape index (κ1) is 22.6. The number of imide groups is 1. The summed E-state index contributed by atoms with van der Waals surface area (Å²) in [6.45, 7) is 1.98. The van der Waals surface area contributed by atoms with Crippen LogP contribution < -0.4 is 10.6 Å². The van der Waals surface area contributed by atoms with Crippen LogP contribution in [0.15, 0.2) is 83.5 Å². The number of carbonyl (C=O) groups is 3. The molecule has 6 nitrogen and oxygen atoms in total. The minimum atomic E-state index is -0.553. The van der Waals surface area contributed by atoms with Crippen LogP contribution >= 0.6 is 23.2 Å². The molecule has 3 amide bonds. The number of amides is 3. The van der Waals surface area contributed by atoms with Crippen molar-refractivity contribution in [3.8, 4) is 0 Å². The zero-order chi connectivity index (χ0) is 23.5. The van der Waals surface area contributed by atoms with E-state index in [0.29, 0.717) is 22.0 Å². The number of anilines is 2. The predicted molar refractivity (Wildman–Crippen MR) is 129 cm³/mol. The molecular formula is C25H19Cl2N3O3. The molecule has 0 atom stereocenters. The molecule has 0 fully saturated rings. The lowest BCUT2D eigenvalue weighted by molar-refractivity contribution is -0.138. The van der Waals surface area contributed by atoms with Gasteiger partial charge in [0.15, 0.2) is 0 Å². The fourth-order valence-electron chi connectivity index (χ4n) is 3.38. The Kier molecular flexibility index (Phi) is 6.49. The van der Waals surface area contributed by atoms with E-state index in [-0.39, 0.29) is 23.2 Å². The fourth-order valence-corrected chi connectivity index (χ4v) is 3.83. The Labute approximate surface area is 200 Å². The van der Waals surface area contributed by atoms with Crippen LogP contribution in [0.5, 0.6) is 0 Å². The first-order valence-electron chi connectivity index (χ1n) is 10.1. The van der Waals surface area contributed by atoms with Crippen LogP contribution in [0, 0.1) is 6.92 Å². The molecule has 33 heavy (non-hydrogen) atoms. The lowest BCUT2D eigenvalue weighted by Gasteiger charge is -2.15. The van der Waals surface area contributed by atoms with E-state index in [1.165, 1.54) is 0 Å². The van der Waals surface area contributed by atoms with Crippen LogP contribution in [0.1, 0.15) is 21.5 Å². The minimum Gasteiger partial charge on any atom is -0.350 e. The summed E-state index contributed by atoms with van der Waals surface area (Å²) in [5.41, 5.74) is 3.28. The fraction of sp³-hybridized carbons (Fsp3) is 0.0800. The minimum absolute atomic E-state index is 0.00610. The van der Waals surface area contributed by atoms with Crippen molar-refractivity contribution in [1.29, 1.82) is 0 Å². The molecule has 1 heterocycles. The van der Waals surface area contributed by atoms with Gasteiger partial charge in [-0.05, 0) is 60.5 Å². The van der Waals surface area contributed by atoms with Crippen molar-refractivity contribution in [2.45, 2.75) is 13.5 Å². The molecule has 0 spiro atoms. The van der Waals surface area contributed by atoms with Gasteiger partial charge in [0, 0.05) is 22.0 Å². The summed E-state index contributed by atoms with van der Waals surface area (Å²) in [4.78, 5) is 39.0. The number of carbonyl (C=O) groups excluding carboxylic acids is 3. The highest BCUT2D eigenvalue weighted by Crippen LogP contribution is 2.27. The monoisotopic (exact) mass is 479 g/mol. The summed E-state index contributed by atoms with van der Waals surface area (Å²) in [7, 11) is 0. The smallest absolute Gasteiger partial charge is 0.279 e. The number of rotatable bonds is 6. The van der Waals surface area contributed by atoms with Crippen molar-refractivity contribution < 1.29 is 14.4 Å². The van der Waals surface area contributed by atoms with Crippen molar-refractivity contribution in [3.63, 3.8) is 0 Å². The summed E-state index contributed by atoms with van der Waals surface area (Å²) in [6, 6.07) is 20.9. The molecule has 0 saturated heterocycles. The molecule has 2 N–H and O–H groups in total. The van der Waals surface area contributed by atoms with Gasteiger partial charge in [-0.25, -0.2) is 0 Å². The van der Waals surface area contributed by atoms with E-state index >= 15 is 0 Å². The molecule has 3 aromatic carbocycles. The van der Waals surface area contributed by atoms with Gasteiger partial charge in [-0.15, -0.1) is 0 Å². The first-order chi connectivity index (χ1) is 15.8. The zero-order valence-corrected chi connectivity index (χ0v) is 19.1. The van der Waals surface area contributed by atoms with Crippen LogP contribution in [-0.2, 0) is 16.1 Å². The van der Waals surface area contributed by atoms with Crippen molar-refractivity contribution in [2.75, 3.05) is 10.6 Å². The second-order valence-corrected chi connectivity index (χ2v) is 8.30. The van der Waals surface area contributed by atoms with Crippen molar-refractivity contribution in [1.82, 2.24) is 4.90 Å². The van der Waals surface area contributed by atoms with Crippen LogP contribution in [0.2, 0.25) is 5.02 Å². The Morgan fingerprint density at radius 1 is 0.909 bits per heavy atom. The lowest BCUT2D eigenvalue weighted by Crippen LogP contribution is -2.31. The summed E-state index contributed by atoms with van der Waals surface area (Å²) in [5.74, 6) is -1.35. The molecule has 0 aliphatic carbocycles. The molecule has 0 aromatic heterocycles. The summed E-state index contributed by atoms with van der Waals surface area (Å²) in [6.07, 6.45) is 0. The van der Waals surface area contributed by atoms with Gasteiger partial charge in [0.25, 0.3) is 17.7 Å². The van der Waals surface area contributed by atoms with Gasteiger partial charge in [-0.1, -0.05) is 53.5 Å². The van der Waals surface area contributed by atoms with Crippen molar-refractivity contribution in [3.05, 3.63) is 105 Å². The Morgan fingerprint density at radius 3 is 2.27 bits per heavy atom. The van der Waals surface area contributed by atoms with Gasteiger partial charge in [-0.2, -0.15) is 0 Å². The van der Waals surface area contributed by atoms with Crippen molar-refractivity contribution in [2.24, 2.45) is 0 Å². The lowest BCUT2D eigenvalue weighted by atomic mass is 10.1. The first-order valence-corrected chi connectivity index (χ1v) is 10.8. The third-order valence-electron chi connectivity index (χ3n) is 5.15. The van der Waals surface area contributed by atoms with E-state index in [4.69, 9.17) is 23.2 Å². The highest BCUT2D eigenvalue weighted by atomic mass is 35.5. The summed E-state index contributed by atoms with van der Waals surface area (Å²) < 4.78 is 0. The van der Waals surface area contributed by atoms with Gasteiger partial charge < -0.3 is 10.6 Å². The average molecular weight is 480 g/mol. The number of aryl methyl sites for hydroxylation is 1. The molecule has 8 heteroatoms. The average Bonchev–Trinajstić information content (AvgIpc) is 3.00. The quantitative estimate of drug-likeness (QED) is 0.468. The van der Waals surface area contributed by atoms with E-state index in [1.807, 2.05) is 37.3 Å². The SMILES string of the molecule is Cc1cc(Cl)ccc1NC(=O)c1ccc(NC2=C(Cl)C(=O)N(Cc3ccccc3)C2=O)cc1. The number of hydrogen-bond donors (Lipinski definition) is 2. The number of nitrogens with zero attached hydrogens (tertiary/aromatic N) is 1. The molecule has 3 aromatic rings. The van der Waals surface area contributed by atoms with E-state index < -0.39 is 11.8 Å². The van der Waals surface area contributed by atoms with Gasteiger partial charge in [0.1, 0.15) is 10.7 Å². The maximum absolute atomic E-state index is 12.8. The molecule has 0 bridgehead atoms. The van der Waals surface area contributed by atoms with Crippen LogP contribution in [0.25, 0.3) is 0 Å². The van der Waals surface area contributed by atoms with Crippen LogP contribution in [0.4, 0.5) is 11.4 Å². The molecule has 1 aliphatic heterocycles. The van der Waals surface area contributed by atoms with Crippen LogP contribution in [0.3, 0.4) is 0 Å². The Morgan fingerprint density at radius 2 is 1.61 bits per heavy atom.